The summed E-state index contributed by atoms with van der Waals surface area (Å²) in [7, 11) is 0. The Morgan fingerprint density at radius 1 is 1.53 bits per heavy atom. The van der Waals surface area contributed by atoms with Gasteiger partial charge in [0.2, 0.25) is 0 Å². The number of aryl methyl sites for hydroxylation is 1. The van der Waals surface area contributed by atoms with Gasteiger partial charge in [-0.15, -0.1) is 0 Å². The molecular weight excluding hydrogens is 258 g/mol. The molecule has 0 spiro atoms. The fourth-order valence-electron chi connectivity index (χ4n) is 1.34. The molecule has 0 aliphatic carbocycles. The summed E-state index contributed by atoms with van der Waals surface area (Å²) >= 11 is 3.35. The van der Waals surface area contributed by atoms with Crippen LogP contribution in [0, 0.1) is 6.92 Å². The Balaban J connectivity index is 2.89. The molecule has 0 amide bonds. The van der Waals surface area contributed by atoms with Gasteiger partial charge in [0.15, 0.2) is 0 Å². The molecular formula is C11H14BrNO2. The second-order valence-electron chi connectivity index (χ2n) is 3.30. The van der Waals surface area contributed by atoms with Crippen LogP contribution in [0.2, 0.25) is 0 Å². The minimum absolute atomic E-state index is 0.222. The van der Waals surface area contributed by atoms with Gasteiger partial charge in [0, 0.05) is 10.2 Å². The molecule has 0 saturated carbocycles. The molecule has 0 saturated heterocycles. The number of nitrogens with two attached hydrogens (primary N) is 1. The zero-order chi connectivity index (χ0) is 11.4. The van der Waals surface area contributed by atoms with Crippen LogP contribution in [0.5, 0.6) is 0 Å². The first-order chi connectivity index (χ1) is 7.04. The Bertz CT molecular complexity index is 377. The highest BCUT2D eigenvalue weighted by Crippen LogP contribution is 2.25. The standard InChI is InChI=1S/C11H14BrNO2/c1-3-15-10(14)6-8-4-7(2)5-9(12)11(8)13/h4-5H,3,6,13H2,1-2H3. The predicted molar refractivity (Wildman–Crippen MR) is 63.6 cm³/mol. The average Bonchev–Trinajstić information content (AvgIpc) is 2.13. The van der Waals surface area contributed by atoms with E-state index >= 15 is 0 Å². The normalized spacial score (nSPS) is 10.1. The van der Waals surface area contributed by atoms with Crippen LogP contribution in [0.3, 0.4) is 0 Å². The summed E-state index contributed by atoms with van der Waals surface area (Å²) in [4.78, 5) is 11.3. The second kappa shape index (κ2) is 5.16. The lowest BCUT2D eigenvalue weighted by atomic mass is 10.1. The monoisotopic (exact) mass is 271 g/mol. The molecule has 0 unspecified atom stereocenters. The lowest BCUT2D eigenvalue weighted by Gasteiger charge is -2.08. The molecule has 4 heteroatoms. The summed E-state index contributed by atoms with van der Waals surface area (Å²) in [6.45, 7) is 4.14. The van der Waals surface area contributed by atoms with Crippen molar-refractivity contribution >= 4 is 27.6 Å². The molecule has 1 rings (SSSR count). The first-order valence-electron chi connectivity index (χ1n) is 4.74. The summed E-state index contributed by atoms with van der Waals surface area (Å²) in [5, 5.41) is 0. The second-order valence-corrected chi connectivity index (χ2v) is 4.16. The molecule has 0 aromatic heterocycles. The van der Waals surface area contributed by atoms with Crippen LogP contribution in [0.1, 0.15) is 18.1 Å². The van der Waals surface area contributed by atoms with Crippen molar-refractivity contribution in [2.75, 3.05) is 12.3 Å². The first kappa shape index (κ1) is 12.0. The van der Waals surface area contributed by atoms with Crippen molar-refractivity contribution in [1.82, 2.24) is 0 Å². The van der Waals surface area contributed by atoms with Gasteiger partial charge >= 0.3 is 5.97 Å². The van der Waals surface area contributed by atoms with Crippen molar-refractivity contribution in [2.24, 2.45) is 0 Å². The van der Waals surface area contributed by atoms with Crippen molar-refractivity contribution in [3.8, 4) is 0 Å². The van der Waals surface area contributed by atoms with Crippen molar-refractivity contribution in [2.45, 2.75) is 20.3 Å². The minimum Gasteiger partial charge on any atom is -0.466 e. The zero-order valence-electron chi connectivity index (χ0n) is 8.84. The van der Waals surface area contributed by atoms with E-state index in [1.807, 2.05) is 19.1 Å². The van der Waals surface area contributed by atoms with E-state index in [9.17, 15) is 4.79 Å². The summed E-state index contributed by atoms with van der Waals surface area (Å²) in [6, 6.07) is 3.82. The Labute approximate surface area is 97.7 Å². The molecule has 0 aliphatic rings. The van der Waals surface area contributed by atoms with Crippen LogP contribution in [0.25, 0.3) is 0 Å². The molecule has 0 aliphatic heterocycles. The summed E-state index contributed by atoms with van der Waals surface area (Å²) in [5.41, 5.74) is 8.32. The highest BCUT2D eigenvalue weighted by molar-refractivity contribution is 9.10. The molecule has 0 atom stereocenters. The highest BCUT2D eigenvalue weighted by Gasteiger charge is 2.09. The predicted octanol–water partition coefficient (Wildman–Crippen LogP) is 2.45. The number of hydrogen-bond acceptors (Lipinski definition) is 3. The quantitative estimate of drug-likeness (QED) is 0.679. The number of benzene rings is 1. The Morgan fingerprint density at radius 3 is 2.80 bits per heavy atom. The van der Waals surface area contributed by atoms with Crippen molar-refractivity contribution in [1.29, 1.82) is 0 Å². The van der Waals surface area contributed by atoms with E-state index in [1.54, 1.807) is 6.92 Å². The third kappa shape index (κ3) is 3.23. The maximum atomic E-state index is 11.3. The van der Waals surface area contributed by atoms with E-state index in [1.165, 1.54) is 0 Å². The van der Waals surface area contributed by atoms with Crippen LogP contribution in [0.4, 0.5) is 5.69 Å². The zero-order valence-corrected chi connectivity index (χ0v) is 10.4. The molecule has 15 heavy (non-hydrogen) atoms. The molecule has 0 fully saturated rings. The first-order valence-corrected chi connectivity index (χ1v) is 5.54. The lowest BCUT2D eigenvalue weighted by Crippen LogP contribution is -2.09. The number of rotatable bonds is 3. The Hall–Kier alpha value is -1.03. The molecule has 3 nitrogen and oxygen atoms in total. The summed E-state index contributed by atoms with van der Waals surface area (Å²) in [5.74, 6) is -0.248. The van der Waals surface area contributed by atoms with Gasteiger partial charge in [-0.25, -0.2) is 0 Å². The van der Waals surface area contributed by atoms with E-state index < -0.39 is 0 Å². The van der Waals surface area contributed by atoms with E-state index in [4.69, 9.17) is 10.5 Å². The van der Waals surface area contributed by atoms with Gasteiger partial charge in [0.05, 0.1) is 13.0 Å². The third-order valence-electron chi connectivity index (χ3n) is 2.00. The average molecular weight is 272 g/mol. The number of ether oxygens (including phenoxy) is 1. The van der Waals surface area contributed by atoms with Gasteiger partial charge < -0.3 is 10.5 Å². The van der Waals surface area contributed by atoms with Crippen LogP contribution in [-0.2, 0) is 16.0 Å². The molecule has 1 aromatic carbocycles. The van der Waals surface area contributed by atoms with Gasteiger partial charge in [-0.2, -0.15) is 0 Å². The van der Waals surface area contributed by atoms with Crippen LogP contribution in [0.15, 0.2) is 16.6 Å². The third-order valence-corrected chi connectivity index (χ3v) is 2.66. The van der Waals surface area contributed by atoms with Crippen LogP contribution in [-0.4, -0.2) is 12.6 Å². The van der Waals surface area contributed by atoms with Gasteiger partial charge in [0.25, 0.3) is 0 Å². The number of anilines is 1. The molecule has 2 N–H and O–H groups in total. The summed E-state index contributed by atoms with van der Waals surface area (Å²) in [6.07, 6.45) is 0.222. The maximum absolute atomic E-state index is 11.3. The van der Waals surface area contributed by atoms with E-state index in [-0.39, 0.29) is 12.4 Å². The largest absolute Gasteiger partial charge is 0.466 e. The van der Waals surface area contributed by atoms with Crippen LogP contribution < -0.4 is 5.73 Å². The SMILES string of the molecule is CCOC(=O)Cc1cc(C)cc(Br)c1N. The van der Waals surface area contributed by atoms with Crippen molar-refractivity contribution in [3.05, 3.63) is 27.7 Å². The maximum Gasteiger partial charge on any atom is 0.310 e. The van der Waals surface area contributed by atoms with E-state index in [0.717, 1.165) is 15.6 Å². The van der Waals surface area contributed by atoms with E-state index in [2.05, 4.69) is 15.9 Å². The number of carbonyl (C=O) groups excluding carboxylic acids is 1. The number of carbonyl (C=O) groups is 1. The summed E-state index contributed by atoms with van der Waals surface area (Å²) < 4.78 is 5.69. The molecule has 0 bridgehead atoms. The number of esters is 1. The van der Waals surface area contributed by atoms with Gasteiger partial charge in [-0.1, -0.05) is 6.07 Å². The molecule has 82 valence electrons. The Kier molecular flexibility index (Phi) is 4.15. The van der Waals surface area contributed by atoms with E-state index in [0.29, 0.717) is 12.3 Å². The van der Waals surface area contributed by atoms with Gasteiger partial charge in [-0.3, -0.25) is 4.79 Å². The fraction of sp³-hybridized carbons (Fsp3) is 0.364. The Morgan fingerprint density at radius 2 is 2.20 bits per heavy atom. The van der Waals surface area contributed by atoms with Gasteiger partial charge in [0.1, 0.15) is 0 Å². The van der Waals surface area contributed by atoms with Crippen molar-refractivity contribution < 1.29 is 9.53 Å². The van der Waals surface area contributed by atoms with Crippen molar-refractivity contribution in [3.63, 3.8) is 0 Å². The number of hydrogen-bond donors (Lipinski definition) is 1. The number of halogens is 1. The van der Waals surface area contributed by atoms with Gasteiger partial charge in [-0.05, 0) is 47.0 Å². The molecule has 0 radical (unpaired) electrons. The lowest BCUT2D eigenvalue weighted by molar-refractivity contribution is -0.142. The highest BCUT2D eigenvalue weighted by atomic mass is 79.9. The smallest absolute Gasteiger partial charge is 0.310 e. The molecule has 0 heterocycles. The topological polar surface area (TPSA) is 52.3 Å². The van der Waals surface area contributed by atoms with Crippen LogP contribution >= 0.6 is 15.9 Å². The fourth-order valence-corrected chi connectivity index (χ4v) is 1.95. The molecule has 1 aromatic rings. The number of nitrogen functional groups attached to an aromatic ring is 1. The minimum atomic E-state index is -0.248.